The summed E-state index contributed by atoms with van der Waals surface area (Å²) in [7, 11) is 0. The first-order valence-electron chi connectivity index (χ1n) is 13.8. The van der Waals surface area contributed by atoms with Crippen LogP contribution < -0.4 is 4.74 Å². The second-order valence-corrected chi connectivity index (χ2v) is 10.5. The van der Waals surface area contributed by atoms with E-state index < -0.39 is 0 Å². The van der Waals surface area contributed by atoms with Gasteiger partial charge in [-0.15, -0.1) is 12.1 Å². The Bertz CT molecular complexity index is 2520. The minimum atomic E-state index is 0. The third-order valence-electron chi connectivity index (χ3n) is 7.90. The van der Waals surface area contributed by atoms with E-state index in [1.165, 1.54) is 0 Å². The number of ether oxygens (including phenoxy) is 1. The van der Waals surface area contributed by atoms with Crippen LogP contribution in [-0.2, 0) is 21.1 Å². The van der Waals surface area contributed by atoms with Crippen LogP contribution in [0.1, 0.15) is 5.69 Å². The molecule has 0 saturated carbocycles. The van der Waals surface area contributed by atoms with Gasteiger partial charge in [-0.2, -0.15) is 0 Å². The van der Waals surface area contributed by atoms with Gasteiger partial charge >= 0.3 is 21.1 Å². The Morgan fingerprint density at radius 3 is 2.23 bits per heavy atom. The van der Waals surface area contributed by atoms with Crippen LogP contribution in [0, 0.1) is 19.1 Å². The number of aryl methyl sites for hydroxylation is 1. The molecule has 0 spiro atoms. The summed E-state index contributed by atoms with van der Waals surface area (Å²) < 4.78 is 10.7. The fraction of sp³-hybridized carbons (Fsp3) is 0.0278. The zero-order valence-electron chi connectivity index (χ0n) is 22.9. The summed E-state index contributed by atoms with van der Waals surface area (Å²) in [5, 5.41) is 4.97. The van der Waals surface area contributed by atoms with Crippen molar-refractivity contribution in [1.82, 2.24) is 23.8 Å². The van der Waals surface area contributed by atoms with Crippen molar-refractivity contribution in [2.45, 2.75) is 6.92 Å². The van der Waals surface area contributed by atoms with Gasteiger partial charge in [-0.25, -0.2) is 0 Å². The Kier molecular flexibility index (Phi) is 5.81. The third kappa shape index (κ3) is 3.87. The summed E-state index contributed by atoms with van der Waals surface area (Å²) in [5.41, 5.74) is 7.70. The van der Waals surface area contributed by atoms with Crippen LogP contribution in [0.15, 0.2) is 110 Å². The standard InChI is InChI=1S/C36H21N5O.Pt/c1-22-21-40-31-11-6-5-10-27(31)26-15-13-24(18-29(26)36(40)39-22)42-25-14-16-28-30(19-25)35-38-20-33(23-8-3-2-4-9-23)41(35)32-12-7-17-37-34(28)32;/h2-17,20-21H,1H3;/q-2;+2. The van der Waals surface area contributed by atoms with Crippen LogP contribution in [0.2, 0.25) is 0 Å². The molecule has 0 fully saturated rings. The summed E-state index contributed by atoms with van der Waals surface area (Å²) in [4.78, 5) is 14.4. The van der Waals surface area contributed by atoms with Crippen molar-refractivity contribution in [3.8, 4) is 22.8 Å². The molecular weight excluding hydrogens is 714 g/mol. The molecule has 4 aromatic carbocycles. The number of imidazole rings is 2. The van der Waals surface area contributed by atoms with Gasteiger partial charge in [-0.05, 0) is 36.1 Å². The van der Waals surface area contributed by atoms with Crippen molar-refractivity contribution >= 4 is 54.8 Å². The Balaban J connectivity index is 0.00000278. The maximum Gasteiger partial charge on any atom is 2.00 e. The number of hydrogen-bond acceptors (Lipinski definition) is 4. The molecule has 0 aliphatic heterocycles. The number of para-hydroxylation sites is 1. The fourth-order valence-electron chi connectivity index (χ4n) is 6.10. The number of aromatic nitrogens is 5. The zero-order chi connectivity index (χ0) is 27.8. The first kappa shape index (κ1) is 25.6. The van der Waals surface area contributed by atoms with E-state index in [4.69, 9.17) is 19.7 Å². The molecule has 43 heavy (non-hydrogen) atoms. The molecule has 9 rings (SSSR count). The number of fused-ring (bicyclic) bond motifs is 12. The normalized spacial score (nSPS) is 11.7. The minimum Gasteiger partial charge on any atom is -0.497 e. The van der Waals surface area contributed by atoms with Crippen LogP contribution in [0.5, 0.6) is 11.5 Å². The van der Waals surface area contributed by atoms with Gasteiger partial charge in [0.05, 0.1) is 28.0 Å². The van der Waals surface area contributed by atoms with Crippen molar-refractivity contribution in [3.63, 3.8) is 0 Å². The largest absolute Gasteiger partial charge is 2.00 e. The molecule has 0 unspecified atom stereocenters. The number of benzene rings is 4. The number of hydrogen-bond donors (Lipinski definition) is 0. The molecular formula is C36H21N5OPt. The van der Waals surface area contributed by atoms with Crippen LogP contribution in [0.25, 0.3) is 66.0 Å². The summed E-state index contributed by atoms with van der Waals surface area (Å²) in [5.74, 6) is 1.18. The molecule has 0 aliphatic carbocycles. The van der Waals surface area contributed by atoms with Crippen LogP contribution in [0.3, 0.4) is 0 Å². The number of rotatable bonds is 3. The second-order valence-electron chi connectivity index (χ2n) is 10.5. The molecule has 0 N–H and O–H groups in total. The molecule has 5 heterocycles. The van der Waals surface area contributed by atoms with E-state index in [0.29, 0.717) is 11.5 Å². The molecule has 7 heteroatoms. The van der Waals surface area contributed by atoms with Gasteiger partial charge in [0.25, 0.3) is 0 Å². The zero-order valence-corrected chi connectivity index (χ0v) is 25.1. The van der Waals surface area contributed by atoms with Crippen molar-refractivity contribution in [2.24, 2.45) is 0 Å². The minimum absolute atomic E-state index is 0. The molecule has 6 nitrogen and oxygen atoms in total. The van der Waals surface area contributed by atoms with Crippen molar-refractivity contribution in [3.05, 3.63) is 127 Å². The number of pyridine rings is 3. The van der Waals surface area contributed by atoms with E-state index in [1.54, 1.807) is 0 Å². The predicted octanol–water partition coefficient (Wildman–Crippen LogP) is 8.36. The van der Waals surface area contributed by atoms with Gasteiger partial charge in [0.15, 0.2) is 0 Å². The average Bonchev–Trinajstić information content (AvgIpc) is 3.66. The monoisotopic (exact) mass is 734 g/mol. The smallest absolute Gasteiger partial charge is 0.497 e. The fourth-order valence-corrected chi connectivity index (χ4v) is 6.10. The molecule has 0 bridgehead atoms. The van der Waals surface area contributed by atoms with Gasteiger partial charge in [-0.3, -0.25) is 15.0 Å². The van der Waals surface area contributed by atoms with E-state index >= 15 is 0 Å². The van der Waals surface area contributed by atoms with Crippen molar-refractivity contribution in [1.29, 1.82) is 0 Å². The van der Waals surface area contributed by atoms with Gasteiger partial charge in [0.2, 0.25) is 0 Å². The van der Waals surface area contributed by atoms with E-state index in [-0.39, 0.29) is 21.1 Å². The maximum absolute atomic E-state index is 6.41. The van der Waals surface area contributed by atoms with Crippen molar-refractivity contribution < 1.29 is 25.8 Å². The summed E-state index contributed by atoms with van der Waals surface area (Å²) >= 11 is 0. The van der Waals surface area contributed by atoms with E-state index in [1.807, 2.05) is 61.8 Å². The second kappa shape index (κ2) is 9.75. The van der Waals surface area contributed by atoms with Gasteiger partial charge in [-0.1, -0.05) is 94.3 Å². The van der Waals surface area contributed by atoms with Crippen molar-refractivity contribution in [2.75, 3.05) is 0 Å². The average molecular weight is 735 g/mol. The summed E-state index contributed by atoms with van der Waals surface area (Å²) in [6, 6.07) is 37.7. The first-order valence-corrected chi connectivity index (χ1v) is 13.8. The first-order chi connectivity index (χ1) is 20.7. The molecule has 0 radical (unpaired) electrons. The van der Waals surface area contributed by atoms with Gasteiger partial charge in [0.1, 0.15) is 0 Å². The van der Waals surface area contributed by atoms with E-state index in [0.717, 1.165) is 71.7 Å². The Labute approximate surface area is 260 Å². The molecule has 0 saturated heterocycles. The maximum atomic E-state index is 6.41. The Morgan fingerprint density at radius 1 is 0.674 bits per heavy atom. The molecule has 0 amide bonds. The van der Waals surface area contributed by atoms with Gasteiger partial charge < -0.3 is 13.5 Å². The number of nitrogens with zero attached hydrogens (tertiary/aromatic N) is 5. The Morgan fingerprint density at radius 2 is 1.40 bits per heavy atom. The van der Waals surface area contributed by atoms with Crippen LogP contribution in [0.4, 0.5) is 0 Å². The third-order valence-corrected chi connectivity index (χ3v) is 7.90. The van der Waals surface area contributed by atoms with Crippen LogP contribution >= 0.6 is 0 Å². The molecule has 5 aromatic heterocycles. The van der Waals surface area contributed by atoms with E-state index in [2.05, 4.69) is 75.7 Å². The quantitative estimate of drug-likeness (QED) is 0.135. The van der Waals surface area contributed by atoms with E-state index in [9.17, 15) is 0 Å². The van der Waals surface area contributed by atoms with Crippen LogP contribution in [-0.4, -0.2) is 23.8 Å². The molecule has 9 aromatic rings. The molecule has 0 atom stereocenters. The summed E-state index contributed by atoms with van der Waals surface area (Å²) in [6.07, 6.45) is 5.80. The molecule has 206 valence electrons. The Hall–Kier alpha value is -5.06. The summed E-state index contributed by atoms with van der Waals surface area (Å²) in [6.45, 7) is 2.01. The van der Waals surface area contributed by atoms with Gasteiger partial charge in [0, 0.05) is 41.3 Å². The SMILES string of the molecule is Cc1cn2c3ccccc3c3ccc(Oc4[c-]c5c(cc4)c4ncccc4n4c(-c6ccccc6)cnc54)[c-]c3c2n1.[Pt+2]. The topological polar surface area (TPSA) is 56.7 Å². The molecule has 0 aliphatic rings. The predicted molar refractivity (Wildman–Crippen MR) is 166 cm³/mol.